The van der Waals surface area contributed by atoms with Crippen LogP contribution >= 0.6 is 11.3 Å². The zero-order chi connectivity index (χ0) is 14.8. The number of hydrogen-bond acceptors (Lipinski definition) is 3. The number of nitrogens with one attached hydrogen (secondary N) is 1. The van der Waals surface area contributed by atoms with Crippen LogP contribution in [0.3, 0.4) is 0 Å². The molecule has 4 heteroatoms. The van der Waals surface area contributed by atoms with Crippen LogP contribution in [-0.4, -0.2) is 17.6 Å². The first-order valence-electron chi connectivity index (χ1n) is 6.52. The fraction of sp³-hybridized carbons (Fsp3) is 0.312. The molecule has 0 spiro atoms. The number of rotatable bonds is 4. The van der Waals surface area contributed by atoms with Crippen LogP contribution in [0.4, 0.5) is 0 Å². The van der Waals surface area contributed by atoms with E-state index < -0.39 is 5.60 Å². The first-order valence-corrected chi connectivity index (χ1v) is 7.40. The van der Waals surface area contributed by atoms with Crippen LogP contribution in [0.1, 0.15) is 33.3 Å². The lowest BCUT2D eigenvalue weighted by Crippen LogP contribution is -2.38. The molecule has 1 unspecified atom stereocenters. The van der Waals surface area contributed by atoms with E-state index in [0.29, 0.717) is 5.56 Å². The third-order valence-electron chi connectivity index (χ3n) is 3.35. The van der Waals surface area contributed by atoms with Crippen molar-refractivity contribution in [2.75, 3.05) is 6.54 Å². The zero-order valence-corrected chi connectivity index (χ0v) is 12.8. The maximum Gasteiger partial charge on any atom is 0.251 e. The average molecular weight is 289 g/mol. The van der Waals surface area contributed by atoms with E-state index in [-0.39, 0.29) is 12.5 Å². The largest absolute Gasteiger partial charge is 0.383 e. The maximum absolute atomic E-state index is 12.3. The Bertz CT molecular complexity index is 583. The number of thiophene rings is 1. The molecule has 0 fully saturated rings. The van der Waals surface area contributed by atoms with Gasteiger partial charge in [0.2, 0.25) is 0 Å². The minimum absolute atomic E-state index is 0.141. The topological polar surface area (TPSA) is 49.3 Å². The van der Waals surface area contributed by atoms with E-state index in [1.165, 1.54) is 11.3 Å². The molecule has 0 aliphatic rings. The van der Waals surface area contributed by atoms with E-state index in [1.807, 2.05) is 49.6 Å². The Morgan fingerprint density at radius 2 is 1.90 bits per heavy atom. The van der Waals surface area contributed by atoms with E-state index >= 15 is 0 Å². The Morgan fingerprint density at radius 1 is 1.25 bits per heavy atom. The standard InChI is InChI=1S/C16H19NO2S/c1-11-6-4-7-12(2)14(11)15(18)17-10-16(3,19)13-8-5-9-20-13/h4-9,19H,10H2,1-3H3,(H,17,18). The van der Waals surface area contributed by atoms with Crippen molar-refractivity contribution in [3.05, 3.63) is 57.3 Å². The van der Waals surface area contributed by atoms with Crippen molar-refractivity contribution >= 4 is 17.2 Å². The predicted octanol–water partition coefficient (Wildman–Crippen LogP) is 3.00. The lowest BCUT2D eigenvalue weighted by atomic mass is 10.0. The summed E-state index contributed by atoms with van der Waals surface area (Å²) in [6.45, 7) is 5.74. The van der Waals surface area contributed by atoms with Crippen LogP contribution in [0.25, 0.3) is 0 Å². The Morgan fingerprint density at radius 3 is 2.45 bits per heavy atom. The molecule has 3 nitrogen and oxygen atoms in total. The molecule has 1 heterocycles. The third kappa shape index (κ3) is 3.08. The van der Waals surface area contributed by atoms with Gasteiger partial charge in [0.1, 0.15) is 5.60 Å². The molecule has 106 valence electrons. The second kappa shape index (κ2) is 5.77. The molecule has 1 amide bonds. The summed E-state index contributed by atoms with van der Waals surface area (Å²) < 4.78 is 0. The van der Waals surface area contributed by atoms with E-state index in [9.17, 15) is 9.90 Å². The number of aliphatic hydroxyl groups is 1. The molecule has 0 radical (unpaired) electrons. The fourth-order valence-corrected chi connectivity index (χ4v) is 2.97. The van der Waals surface area contributed by atoms with Gasteiger partial charge in [-0.25, -0.2) is 0 Å². The van der Waals surface area contributed by atoms with Crippen LogP contribution in [0, 0.1) is 13.8 Å². The van der Waals surface area contributed by atoms with Gasteiger partial charge < -0.3 is 10.4 Å². The van der Waals surface area contributed by atoms with Gasteiger partial charge in [0.25, 0.3) is 5.91 Å². The molecular weight excluding hydrogens is 270 g/mol. The van der Waals surface area contributed by atoms with Gasteiger partial charge in [-0.2, -0.15) is 0 Å². The number of aryl methyl sites for hydroxylation is 2. The van der Waals surface area contributed by atoms with Gasteiger partial charge in [0.05, 0.1) is 6.54 Å². The SMILES string of the molecule is Cc1cccc(C)c1C(=O)NCC(C)(O)c1cccs1. The van der Waals surface area contributed by atoms with Gasteiger partial charge >= 0.3 is 0 Å². The number of carbonyl (C=O) groups is 1. The molecule has 2 aromatic rings. The fourth-order valence-electron chi connectivity index (χ4n) is 2.19. The van der Waals surface area contributed by atoms with Crippen molar-refractivity contribution < 1.29 is 9.90 Å². The Hall–Kier alpha value is -1.65. The van der Waals surface area contributed by atoms with E-state index in [1.54, 1.807) is 6.92 Å². The predicted molar refractivity (Wildman–Crippen MR) is 82.1 cm³/mol. The highest BCUT2D eigenvalue weighted by Gasteiger charge is 2.25. The summed E-state index contributed by atoms with van der Waals surface area (Å²) in [5, 5.41) is 15.1. The van der Waals surface area contributed by atoms with Crippen LogP contribution < -0.4 is 5.32 Å². The van der Waals surface area contributed by atoms with Crippen molar-refractivity contribution in [1.82, 2.24) is 5.32 Å². The number of hydrogen-bond donors (Lipinski definition) is 2. The van der Waals surface area contributed by atoms with Crippen LogP contribution in [-0.2, 0) is 5.60 Å². The molecule has 1 aromatic carbocycles. The number of benzene rings is 1. The van der Waals surface area contributed by atoms with E-state index in [0.717, 1.165) is 16.0 Å². The van der Waals surface area contributed by atoms with Crippen molar-refractivity contribution in [1.29, 1.82) is 0 Å². The van der Waals surface area contributed by atoms with E-state index in [2.05, 4.69) is 5.32 Å². The van der Waals surface area contributed by atoms with Gasteiger partial charge in [0, 0.05) is 10.4 Å². The average Bonchev–Trinajstić information content (AvgIpc) is 2.91. The van der Waals surface area contributed by atoms with Crippen LogP contribution in [0.15, 0.2) is 35.7 Å². The summed E-state index contributed by atoms with van der Waals surface area (Å²) in [4.78, 5) is 13.1. The second-order valence-corrected chi connectivity index (χ2v) is 6.15. The minimum atomic E-state index is -1.04. The smallest absolute Gasteiger partial charge is 0.251 e. The van der Waals surface area contributed by atoms with Gasteiger partial charge in [-0.15, -0.1) is 11.3 Å². The first-order chi connectivity index (χ1) is 9.42. The summed E-state index contributed by atoms with van der Waals surface area (Å²) in [6.07, 6.45) is 0. The molecule has 20 heavy (non-hydrogen) atoms. The molecule has 0 aliphatic carbocycles. The molecule has 0 saturated carbocycles. The molecule has 2 rings (SSSR count). The lowest BCUT2D eigenvalue weighted by molar-refractivity contribution is 0.0556. The third-order valence-corrected chi connectivity index (χ3v) is 4.48. The molecule has 0 aliphatic heterocycles. The summed E-state index contributed by atoms with van der Waals surface area (Å²) in [5.74, 6) is -0.141. The molecule has 0 saturated heterocycles. The van der Waals surface area contributed by atoms with Crippen LogP contribution in [0.2, 0.25) is 0 Å². The van der Waals surface area contributed by atoms with Crippen molar-refractivity contribution in [2.45, 2.75) is 26.4 Å². The van der Waals surface area contributed by atoms with Gasteiger partial charge in [0.15, 0.2) is 0 Å². The summed E-state index contributed by atoms with van der Waals surface area (Å²) in [7, 11) is 0. The summed E-state index contributed by atoms with van der Waals surface area (Å²) >= 11 is 1.48. The normalized spacial score (nSPS) is 13.8. The van der Waals surface area contributed by atoms with Crippen molar-refractivity contribution in [3.8, 4) is 0 Å². The highest BCUT2D eigenvalue weighted by Crippen LogP contribution is 2.24. The Labute approximate surface area is 123 Å². The zero-order valence-electron chi connectivity index (χ0n) is 11.9. The molecule has 1 aromatic heterocycles. The maximum atomic E-state index is 12.3. The molecular formula is C16H19NO2S. The number of carbonyl (C=O) groups excluding carboxylic acids is 1. The molecule has 2 N–H and O–H groups in total. The first kappa shape index (κ1) is 14.8. The second-order valence-electron chi connectivity index (χ2n) is 5.20. The summed E-state index contributed by atoms with van der Waals surface area (Å²) in [6, 6.07) is 9.53. The quantitative estimate of drug-likeness (QED) is 0.909. The highest BCUT2D eigenvalue weighted by molar-refractivity contribution is 7.10. The highest BCUT2D eigenvalue weighted by atomic mass is 32.1. The van der Waals surface area contributed by atoms with Gasteiger partial charge in [-0.1, -0.05) is 24.3 Å². The molecule has 1 atom stereocenters. The molecule has 0 bridgehead atoms. The lowest BCUT2D eigenvalue weighted by Gasteiger charge is -2.22. The van der Waals surface area contributed by atoms with Crippen LogP contribution in [0.5, 0.6) is 0 Å². The Kier molecular flexibility index (Phi) is 4.26. The van der Waals surface area contributed by atoms with Gasteiger partial charge in [-0.3, -0.25) is 4.79 Å². The van der Waals surface area contributed by atoms with Crippen molar-refractivity contribution in [2.24, 2.45) is 0 Å². The minimum Gasteiger partial charge on any atom is -0.383 e. The van der Waals surface area contributed by atoms with Crippen molar-refractivity contribution in [3.63, 3.8) is 0 Å². The van der Waals surface area contributed by atoms with Gasteiger partial charge in [-0.05, 0) is 43.3 Å². The monoisotopic (exact) mass is 289 g/mol. The Balaban J connectivity index is 2.10. The number of amides is 1. The summed E-state index contributed by atoms with van der Waals surface area (Å²) in [5.41, 5.74) is 1.53. The van der Waals surface area contributed by atoms with E-state index in [4.69, 9.17) is 0 Å².